The fourth-order valence-electron chi connectivity index (χ4n) is 6.45. The third-order valence-electron chi connectivity index (χ3n) is 8.92. The number of ether oxygens (including phenoxy) is 2. The second kappa shape index (κ2) is 14.4. The number of aromatic carboxylic acids is 1. The van der Waals surface area contributed by atoms with Gasteiger partial charge in [-0.3, -0.25) is 9.69 Å². The van der Waals surface area contributed by atoms with Crippen molar-refractivity contribution in [2.45, 2.75) is 65.4 Å². The number of aromatic nitrogens is 2. The molecule has 10 nitrogen and oxygen atoms in total. The smallest absolute Gasteiger partial charge is 0.335 e. The van der Waals surface area contributed by atoms with E-state index in [0.717, 1.165) is 43.8 Å². The summed E-state index contributed by atoms with van der Waals surface area (Å²) >= 11 is 0. The van der Waals surface area contributed by atoms with Crippen LogP contribution in [0.15, 0.2) is 73.2 Å². The zero-order chi connectivity index (χ0) is 33.8. The normalized spacial score (nSPS) is 15.0. The molecule has 0 atom stereocenters. The second-order valence-corrected chi connectivity index (χ2v) is 12.5. The fourth-order valence-corrected chi connectivity index (χ4v) is 6.45. The van der Waals surface area contributed by atoms with Gasteiger partial charge in [0.2, 0.25) is 0 Å². The molecule has 2 aliphatic heterocycles. The Morgan fingerprint density at radius 1 is 1.02 bits per heavy atom. The van der Waals surface area contributed by atoms with Crippen LogP contribution < -0.4 is 14.4 Å². The van der Waals surface area contributed by atoms with Gasteiger partial charge in [0.25, 0.3) is 5.91 Å². The summed E-state index contributed by atoms with van der Waals surface area (Å²) in [5.41, 5.74) is 3.93. The van der Waals surface area contributed by atoms with Gasteiger partial charge in [0.05, 0.1) is 17.3 Å². The molecule has 250 valence electrons. The second-order valence-electron chi connectivity index (χ2n) is 12.5. The molecule has 1 amide bonds. The van der Waals surface area contributed by atoms with E-state index in [1.54, 1.807) is 23.2 Å². The summed E-state index contributed by atoms with van der Waals surface area (Å²) in [7, 11) is 0. The molecule has 0 spiro atoms. The predicted octanol–water partition coefficient (Wildman–Crippen LogP) is 6.54. The maximum atomic E-state index is 14.3. The molecule has 0 aliphatic carbocycles. The highest BCUT2D eigenvalue weighted by Crippen LogP contribution is 2.36. The number of carbonyl (C=O) groups excluding carboxylic acids is 1. The number of anilines is 1. The number of rotatable bonds is 11. The number of carbonyl (C=O) groups is 2. The van der Waals surface area contributed by atoms with Crippen LogP contribution in [-0.4, -0.2) is 68.5 Å². The van der Waals surface area contributed by atoms with Crippen molar-refractivity contribution < 1.29 is 28.6 Å². The molecule has 0 saturated carbocycles. The Kier molecular flexibility index (Phi) is 9.86. The molecule has 1 aromatic heterocycles. The highest BCUT2D eigenvalue weighted by molar-refractivity contribution is 5.97. The Labute approximate surface area is 279 Å². The maximum absolute atomic E-state index is 14.3. The zero-order valence-electron chi connectivity index (χ0n) is 27.4. The van der Waals surface area contributed by atoms with E-state index in [-0.39, 0.29) is 34.9 Å². The molecule has 11 heteroatoms. The number of amides is 1. The molecule has 0 unspecified atom stereocenters. The number of piperidine rings is 1. The van der Waals surface area contributed by atoms with Crippen molar-refractivity contribution in [2.24, 2.45) is 0 Å². The van der Waals surface area contributed by atoms with E-state index in [9.17, 15) is 19.1 Å². The van der Waals surface area contributed by atoms with Crippen molar-refractivity contribution in [3.63, 3.8) is 0 Å². The minimum Gasteiger partial charge on any atom is -0.490 e. The first-order valence-electron chi connectivity index (χ1n) is 16.4. The minimum atomic E-state index is -0.925. The maximum Gasteiger partial charge on any atom is 0.335 e. The van der Waals surface area contributed by atoms with Crippen LogP contribution in [0.3, 0.4) is 0 Å². The van der Waals surface area contributed by atoms with Crippen LogP contribution >= 0.6 is 0 Å². The van der Waals surface area contributed by atoms with E-state index in [2.05, 4.69) is 25.8 Å². The predicted molar refractivity (Wildman–Crippen MR) is 179 cm³/mol. The van der Waals surface area contributed by atoms with Crippen LogP contribution in [0.1, 0.15) is 71.0 Å². The van der Waals surface area contributed by atoms with Crippen molar-refractivity contribution in [3.05, 3.63) is 107 Å². The molecule has 48 heavy (non-hydrogen) atoms. The number of hydrogen-bond acceptors (Lipinski definition) is 8. The standard InChI is InChI=1S/C37H40FN5O5/c1-4-43(24(2)3)36(44)30-18-28(38)12-13-33(30)48-34-19-39-23-40-35(34)42-16-14-29(15-17-42)47-32-7-5-6-27-21-41(22-31(27)32)20-25-8-10-26(11-9-25)37(45)46/h5-13,18-19,23-24,29H,4,14-17,20-22H2,1-3H3,(H,45,46). The van der Waals surface area contributed by atoms with Gasteiger partial charge in [0, 0.05) is 63.7 Å². The summed E-state index contributed by atoms with van der Waals surface area (Å²) in [5.74, 6) is 0.407. The summed E-state index contributed by atoms with van der Waals surface area (Å²) in [4.78, 5) is 39.4. The number of fused-ring (bicyclic) bond motifs is 1. The monoisotopic (exact) mass is 653 g/mol. The van der Waals surface area contributed by atoms with Crippen LogP contribution in [0.25, 0.3) is 0 Å². The number of benzene rings is 3. The van der Waals surface area contributed by atoms with Crippen LogP contribution in [0, 0.1) is 5.82 Å². The lowest BCUT2D eigenvalue weighted by Crippen LogP contribution is -2.39. The molecular formula is C37H40FN5O5. The Bertz CT molecular complexity index is 1770. The number of halogens is 1. The lowest BCUT2D eigenvalue weighted by molar-refractivity contribution is 0.0692. The van der Waals surface area contributed by atoms with E-state index in [1.807, 2.05) is 45.0 Å². The number of carboxylic acid groups (broad SMARTS) is 1. The van der Waals surface area contributed by atoms with E-state index in [4.69, 9.17) is 9.47 Å². The Morgan fingerprint density at radius 3 is 2.50 bits per heavy atom. The van der Waals surface area contributed by atoms with E-state index >= 15 is 0 Å². The van der Waals surface area contributed by atoms with Crippen molar-refractivity contribution in [2.75, 3.05) is 24.5 Å². The molecule has 3 aromatic carbocycles. The van der Waals surface area contributed by atoms with Crippen LogP contribution in [0.5, 0.6) is 17.2 Å². The SMILES string of the molecule is CCN(C(=O)c1cc(F)ccc1Oc1cncnc1N1CCC(Oc2cccc3c2CN(Cc2ccc(C(=O)O)cc2)C3)CC1)C(C)C. The van der Waals surface area contributed by atoms with Crippen molar-refractivity contribution in [3.8, 4) is 17.2 Å². The van der Waals surface area contributed by atoms with Gasteiger partial charge in [-0.15, -0.1) is 0 Å². The third-order valence-corrected chi connectivity index (χ3v) is 8.92. The molecule has 0 bridgehead atoms. The summed E-state index contributed by atoms with van der Waals surface area (Å²) in [6.07, 6.45) is 4.61. The highest BCUT2D eigenvalue weighted by Gasteiger charge is 2.28. The molecule has 1 saturated heterocycles. The summed E-state index contributed by atoms with van der Waals surface area (Å²) in [6.45, 7) is 9.85. The van der Waals surface area contributed by atoms with Gasteiger partial charge in [-0.25, -0.2) is 19.2 Å². The molecule has 1 N–H and O–H groups in total. The number of nitrogens with zero attached hydrogens (tertiary/aromatic N) is 5. The van der Waals surface area contributed by atoms with Gasteiger partial charge >= 0.3 is 5.97 Å². The van der Waals surface area contributed by atoms with Gasteiger partial charge in [-0.05, 0) is 68.3 Å². The van der Waals surface area contributed by atoms with Crippen molar-refractivity contribution in [1.82, 2.24) is 19.8 Å². The number of carboxylic acids is 1. The summed E-state index contributed by atoms with van der Waals surface area (Å²) in [5, 5.41) is 9.19. The quantitative estimate of drug-likeness (QED) is 0.193. The molecule has 1 fully saturated rings. The average molecular weight is 654 g/mol. The molecule has 0 radical (unpaired) electrons. The molecule has 2 aliphatic rings. The molecule has 4 aromatic rings. The lowest BCUT2D eigenvalue weighted by Gasteiger charge is -2.34. The summed E-state index contributed by atoms with van der Waals surface area (Å²) in [6, 6.07) is 17.2. The van der Waals surface area contributed by atoms with Crippen LogP contribution in [0.2, 0.25) is 0 Å². The van der Waals surface area contributed by atoms with Crippen molar-refractivity contribution >= 4 is 17.7 Å². The highest BCUT2D eigenvalue weighted by atomic mass is 19.1. The summed E-state index contributed by atoms with van der Waals surface area (Å²) < 4.78 is 27.1. The zero-order valence-corrected chi connectivity index (χ0v) is 27.4. The van der Waals surface area contributed by atoms with Gasteiger partial charge < -0.3 is 24.4 Å². The Hall–Kier alpha value is -5.03. The van der Waals surface area contributed by atoms with Gasteiger partial charge in [-0.2, -0.15) is 0 Å². The average Bonchev–Trinajstić information content (AvgIpc) is 3.50. The first-order chi connectivity index (χ1) is 23.2. The van der Waals surface area contributed by atoms with E-state index in [1.165, 1.54) is 35.7 Å². The Morgan fingerprint density at radius 2 is 1.79 bits per heavy atom. The largest absolute Gasteiger partial charge is 0.490 e. The van der Waals surface area contributed by atoms with Gasteiger partial charge in [-0.1, -0.05) is 24.3 Å². The topological polar surface area (TPSA) is 108 Å². The third kappa shape index (κ3) is 7.26. The Balaban J connectivity index is 1.10. The van der Waals surface area contributed by atoms with Crippen LogP contribution in [0.4, 0.5) is 10.2 Å². The molecule has 6 rings (SSSR count). The lowest BCUT2D eigenvalue weighted by atomic mass is 10.1. The van der Waals surface area contributed by atoms with E-state index < -0.39 is 11.8 Å². The first kappa shape index (κ1) is 32.9. The first-order valence-corrected chi connectivity index (χ1v) is 16.4. The van der Waals surface area contributed by atoms with Gasteiger partial charge in [0.1, 0.15) is 29.7 Å². The molecule has 3 heterocycles. The van der Waals surface area contributed by atoms with Crippen LogP contribution in [-0.2, 0) is 19.6 Å². The fraction of sp³-hybridized carbons (Fsp3) is 0.351. The number of hydrogen-bond donors (Lipinski definition) is 1. The van der Waals surface area contributed by atoms with Crippen molar-refractivity contribution in [1.29, 1.82) is 0 Å². The van der Waals surface area contributed by atoms with E-state index in [0.29, 0.717) is 31.2 Å². The minimum absolute atomic E-state index is 0.0222. The van der Waals surface area contributed by atoms with Gasteiger partial charge in [0.15, 0.2) is 11.6 Å². The molecular weight excluding hydrogens is 613 g/mol.